The van der Waals surface area contributed by atoms with Crippen molar-refractivity contribution in [1.82, 2.24) is 20.4 Å². The summed E-state index contributed by atoms with van der Waals surface area (Å²) < 4.78 is 5.20. The van der Waals surface area contributed by atoms with Gasteiger partial charge in [-0.15, -0.1) is 10.2 Å². The summed E-state index contributed by atoms with van der Waals surface area (Å²) in [5.41, 5.74) is 0. The Balaban J connectivity index is 1.86. The summed E-state index contributed by atoms with van der Waals surface area (Å²) >= 11 is 0. The first kappa shape index (κ1) is 10.1. The Labute approximate surface area is 87.7 Å². The minimum absolute atomic E-state index is 0.109. The molecule has 1 N–H and O–H groups in total. The zero-order valence-electron chi connectivity index (χ0n) is 8.86. The first-order chi connectivity index (χ1) is 7.16. The van der Waals surface area contributed by atoms with Crippen LogP contribution in [-0.4, -0.2) is 40.6 Å². The maximum Gasteiger partial charge on any atom is 0.239 e. The minimum Gasteiger partial charge on any atom is -0.424 e. The molecule has 1 amide bonds. The number of nitrogens with zero attached hydrogens (tertiary/aromatic N) is 3. The van der Waals surface area contributed by atoms with Gasteiger partial charge in [0.2, 0.25) is 17.7 Å². The summed E-state index contributed by atoms with van der Waals surface area (Å²) in [6.45, 7) is 3.00. The molecule has 1 atom stereocenters. The van der Waals surface area contributed by atoms with Crippen LogP contribution in [0.2, 0.25) is 0 Å². The van der Waals surface area contributed by atoms with E-state index >= 15 is 0 Å². The summed E-state index contributed by atoms with van der Waals surface area (Å²) in [5.74, 6) is 1.20. The Bertz CT molecular complexity index is 363. The van der Waals surface area contributed by atoms with Gasteiger partial charge in [-0.25, -0.2) is 0 Å². The highest BCUT2D eigenvalue weighted by molar-refractivity contribution is 5.83. The van der Waals surface area contributed by atoms with E-state index in [0.717, 1.165) is 13.0 Å². The van der Waals surface area contributed by atoms with Crippen molar-refractivity contribution in [3.05, 3.63) is 11.8 Å². The van der Waals surface area contributed by atoms with Crippen molar-refractivity contribution in [2.75, 3.05) is 13.6 Å². The van der Waals surface area contributed by atoms with Crippen LogP contribution in [0.4, 0.5) is 0 Å². The largest absolute Gasteiger partial charge is 0.424 e. The number of hydrogen-bond acceptors (Lipinski definition) is 5. The zero-order valence-corrected chi connectivity index (χ0v) is 8.86. The van der Waals surface area contributed by atoms with E-state index in [0.29, 0.717) is 18.3 Å². The van der Waals surface area contributed by atoms with Gasteiger partial charge in [0, 0.05) is 20.5 Å². The van der Waals surface area contributed by atoms with Crippen LogP contribution in [0, 0.1) is 6.92 Å². The molecule has 6 heteroatoms. The number of carbonyl (C=O) groups is 1. The van der Waals surface area contributed by atoms with E-state index in [1.807, 2.05) is 0 Å². The molecule has 0 aliphatic carbocycles. The molecule has 15 heavy (non-hydrogen) atoms. The highest BCUT2D eigenvalue weighted by atomic mass is 16.4. The van der Waals surface area contributed by atoms with Gasteiger partial charge in [0.15, 0.2) is 0 Å². The van der Waals surface area contributed by atoms with Gasteiger partial charge in [0.1, 0.15) is 0 Å². The molecule has 1 fully saturated rings. The van der Waals surface area contributed by atoms with Crippen molar-refractivity contribution >= 4 is 5.91 Å². The van der Waals surface area contributed by atoms with Crippen molar-refractivity contribution in [3.63, 3.8) is 0 Å². The molecule has 1 aromatic rings. The fourth-order valence-electron chi connectivity index (χ4n) is 1.63. The lowest BCUT2D eigenvalue weighted by atomic mass is 10.2. The summed E-state index contributed by atoms with van der Waals surface area (Å²) in [5, 5.41) is 10.7. The van der Waals surface area contributed by atoms with Crippen LogP contribution in [-0.2, 0) is 11.3 Å². The van der Waals surface area contributed by atoms with Crippen molar-refractivity contribution in [3.8, 4) is 0 Å². The average molecular weight is 210 g/mol. The molecule has 0 radical (unpaired) electrons. The van der Waals surface area contributed by atoms with Crippen LogP contribution in [0.1, 0.15) is 18.2 Å². The SMILES string of the molecule is Cc1nnc(CNC2CCN(C)C2=O)o1. The quantitative estimate of drug-likeness (QED) is 0.741. The molecule has 1 aliphatic heterocycles. The van der Waals surface area contributed by atoms with Gasteiger partial charge in [0.05, 0.1) is 12.6 Å². The predicted octanol–water partition coefficient (Wildman–Crippen LogP) is -0.302. The van der Waals surface area contributed by atoms with Crippen LogP contribution >= 0.6 is 0 Å². The Hall–Kier alpha value is -1.43. The highest BCUT2D eigenvalue weighted by Gasteiger charge is 2.28. The number of aromatic nitrogens is 2. The number of aryl methyl sites for hydroxylation is 1. The molecule has 2 heterocycles. The van der Waals surface area contributed by atoms with Crippen LogP contribution < -0.4 is 5.32 Å². The second-order valence-electron chi connectivity index (χ2n) is 3.70. The first-order valence-electron chi connectivity index (χ1n) is 4.94. The number of likely N-dealkylation sites (tertiary alicyclic amines) is 1. The Kier molecular flexibility index (Phi) is 2.68. The van der Waals surface area contributed by atoms with Gasteiger partial charge in [-0.2, -0.15) is 0 Å². The number of rotatable bonds is 3. The molecule has 1 saturated heterocycles. The lowest BCUT2D eigenvalue weighted by molar-refractivity contribution is -0.128. The number of likely N-dealkylation sites (N-methyl/N-ethyl adjacent to an activating group) is 1. The number of amides is 1. The minimum atomic E-state index is -0.109. The summed E-state index contributed by atoms with van der Waals surface area (Å²) in [6.07, 6.45) is 0.836. The van der Waals surface area contributed by atoms with Gasteiger partial charge in [-0.05, 0) is 6.42 Å². The molecular formula is C9H14N4O2. The standard InChI is InChI=1S/C9H14N4O2/c1-6-11-12-8(15-6)5-10-7-3-4-13(2)9(7)14/h7,10H,3-5H2,1-2H3. The smallest absolute Gasteiger partial charge is 0.239 e. The third-order valence-corrected chi connectivity index (χ3v) is 2.50. The van der Waals surface area contributed by atoms with Gasteiger partial charge >= 0.3 is 0 Å². The van der Waals surface area contributed by atoms with Gasteiger partial charge in [-0.1, -0.05) is 0 Å². The lowest BCUT2D eigenvalue weighted by Crippen LogP contribution is -2.36. The number of nitrogens with one attached hydrogen (secondary N) is 1. The topological polar surface area (TPSA) is 71.3 Å². The van der Waals surface area contributed by atoms with Crippen molar-refractivity contribution in [2.24, 2.45) is 0 Å². The summed E-state index contributed by atoms with van der Waals surface area (Å²) in [6, 6.07) is -0.109. The molecule has 0 saturated carbocycles. The average Bonchev–Trinajstić information content (AvgIpc) is 2.74. The van der Waals surface area contributed by atoms with E-state index in [9.17, 15) is 4.79 Å². The molecule has 0 spiro atoms. The molecule has 1 unspecified atom stereocenters. The van der Waals surface area contributed by atoms with Crippen LogP contribution in [0.3, 0.4) is 0 Å². The third-order valence-electron chi connectivity index (χ3n) is 2.50. The normalized spacial score (nSPS) is 21.3. The number of hydrogen-bond donors (Lipinski definition) is 1. The Morgan fingerprint density at radius 2 is 2.40 bits per heavy atom. The fraction of sp³-hybridized carbons (Fsp3) is 0.667. The summed E-state index contributed by atoms with van der Waals surface area (Å²) in [4.78, 5) is 13.2. The molecule has 1 aromatic heterocycles. The molecule has 6 nitrogen and oxygen atoms in total. The fourth-order valence-corrected chi connectivity index (χ4v) is 1.63. The predicted molar refractivity (Wildman–Crippen MR) is 51.9 cm³/mol. The van der Waals surface area contributed by atoms with Crippen molar-refractivity contribution < 1.29 is 9.21 Å². The van der Waals surface area contributed by atoms with Crippen LogP contribution in [0.5, 0.6) is 0 Å². The van der Waals surface area contributed by atoms with Crippen molar-refractivity contribution in [1.29, 1.82) is 0 Å². The number of carbonyl (C=O) groups excluding carboxylic acids is 1. The van der Waals surface area contributed by atoms with E-state index < -0.39 is 0 Å². The maximum absolute atomic E-state index is 11.5. The van der Waals surface area contributed by atoms with E-state index in [4.69, 9.17) is 4.42 Å². The highest BCUT2D eigenvalue weighted by Crippen LogP contribution is 2.09. The molecule has 1 aliphatic rings. The van der Waals surface area contributed by atoms with Crippen LogP contribution in [0.25, 0.3) is 0 Å². The van der Waals surface area contributed by atoms with Crippen LogP contribution in [0.15, 0.2) is 4.42 Å². The Morgan fingerprint density at radius 1 is 1.60 bits per heavy atom. The molecular weight excluding hydrogens is 196 g/mol. The van der Waals surface area contributed by atoms with E-state index in [1.165, 1.54) is 0 Å². The van der Waals surface area contributed by atoms with E-state index in [1.54, 1.807) is 18.9 Å². The van der Waals surface area contributed by atoms with E-state index in [2.05, 4.69) is 15.5 Å². The molecule has 2 rings (SSSR count). The second-order valence-corrected chi connectivity index (χ2v) is 3.70. The maximum atomic E-state index is 11.5. The van der Waals surface area contributed by atoms with E-state index in [-0.39, 0.29) is 11.9 Å². The zero-order chi connectivity index (χ0) is 10.8. The van der Waals surface area contributed by atoms with Gasteiger partial charge < -0.3 is 9.32 Å². The second kappa shape index (κ2) is 3.98. The van der Waals surface area contributed by atoms with Gasteiger partial charge in [-0.3, -0.25) is 10.1 Å². The van der Waals surface area contributed by atoms with Gasteiger partial charge in [0.25, 0.3) is 0 Å². The molecule has 0 bridgehead atoms. The molecule has 0 aromatic carbocycles. The first-order valence-corrected chi connectivity index (χ1v) is 4.94. The Morgan fingerprint density at radius 3 is 2.93 bits per heavy atom. The molecule has 82 valence electrons. The van der Waals surface area contributed by atoms with Crippen molar-refractivity contribution in [2.45, 2.75) is 25.9 Å². The monoisotopic (exact) mass is 210 g/mol. The lowest BCUT2D eigenvalue weighted by Gasteiger charge is -2.10. The summed E-state index contributed by atoms with van der Waals surface area (Å²) in [7, 11) is 1.81. The third kappa shape index (κ3) is 2.15.